The van der Waals surface area contributed by atoms with Gasteiger partial charge in [-0.15, -0.1) is 0 Å². The molecule has 3 N–H and O–H groups in total. The van der Waals surface area contributed by atoms with E-state index < -0.39 is 0 Å². The zero-order valence-electron chi connectivity index (χ0n) is 11.0. The lowest BCUT2D eigenvalue weighted by molar-refractivity contribution is -0.117. The predicted octanol–water partition coefficient (Wildman–Crippen LogP) is 2.95. The monoisotopic (exact) mass is 392 g/mol. The summed E-state index contributed by atoms with van der Waals surface area (Å²) in [5, 5.41) is 2.74. The van der Waals surface area contributed by atoms with Gasteiger partial charge in [0.1, 0.15) is 9.21 Å². The molecule has 0 saturated heterocycles. The maximum Gasteiger partial charge on any atom is 0.225 e. The summed E-state index contributed by atoms with van der Waals surface area (Å²) >= 11 is 6.46. The van der Waals surface area contributed by atoms with Crippen LogP contribution in [0.5, 0.6) is 0 Å². The van der Waals surface area contributed by atoms with Crippen molar-refractivity contribution in [2.45, 2.75) is 26.7 Å². The van der Waals surface area contributed by atoms with Gasteiger partial charge in [-0.05, 0) is 56.7 Å². The molecule has 0 spiro atoms. The van der Waals surface area contributed by atoms with E-state index in [1.807, 2.05) is 0 Å². The molecule has 0 aromatic carbocycles. The van der Waals surface area contributed by atoms with Crippen LogP contribution in [0, 0.1) is 11.8 Å². The van der Waals surface area contributed by atoms with Crippen LogP contribution in [-0.2, 0) is 4.79 Å². The van der Waals surface area contributed by atoms with Gasteiger partial charge in [0.05, 0.1) is 6.20 Å². The Hall–Kier alpha value is -0.530. The van der Waals surface area contributed by atoms with Crippen LogP contribution in [-0.4, -0.2) is 22.4 Å². The van der Waals surface area contributed by atoms with Crippen LogP contribution < -0.4 is 11.1 Å². The lowest BCUT2D eigenvalue weighted by Gasteiger charge is -2.16. The number of halogens is 2. The summed E-state index contributed by atoms with van der Waals surface area (Å²) in [4.78, 5) is 20.1. The van der Waals surface area contributed by atoms with Gasteiger partial charge in [-0.2, -0.15) is 0 Å². The van der Waals surface area contributed by atoms with Crippen LogP contribution in [0.2, 0.25) is 0 Å². The van der Waals surface area contributed by atoms with Crippen molar-refractivity contribution in [1.29, 1.82) is 0 Å². The Balaban J connectivity index is 2.59. The SMILES string of the molecule is CC(C)CC(CN)CC(=O)Nc1ncc(Br)nc1Br. The summed E-state index contributed by atoms with van der Waals surface area (Å²) in [6.07, 6.45) is 2.88. The molecule has 7 heteroatoms. The summed E-state index contributed by atoms with van der Waals surface area (Å²) in [6, 6.07) is 0. The van der Waals surface area contributed by atoms with Gasteiger partial charge in [0, 0.05) is 6.42 Å². The topological polar surface area (TPSA) is 80.9 Å². The Bertz CT molecular complexity index is 440. The first-order valence-electron chi connectivity index (χ1n) is 6.10. The zero-order chi connectivity index (χ0) is 14.4. The molecule has 0 aliphatic carbocycles. The first-order valence-corrected chi connectivity index (χ1v) is 7.69. The Morgan fingerprint density at radius 2 is 2.16 bits per heavy atom. The highest BCUT2D eigenvalue weighted by Crippen LogP contribution is 2.20. The Labute approximate surface area is 130 Å². The number of rotatable bonds is 6. The molecule has 5 nitrogen and oxygen atoms in total. The minimum Gasteiger partial charge on any atom is -0.330 e. The molecule has 1 rings (SSSR count). The van der Waals surface area contributed by atoms with Crippen molar-refractivity contribution in [3.8, 4) is 0 Å². The van der Waals surface area contributed by atoms with E-state index in [-0.39, 0.29) is 11.8 Å². The van der Waals surface area contributed by atoms with Crippen molar-refractivity contribution >= 4 is 43.6 Å². The zero-order valence-corrected chi connectivity index (χ0v) is 14.2. The molecule has 19 heavy (non-hydrogen) atoms. The van der Waals surface area contributed by atoms with E-state index in [0.29, 0.717) is 33.9 Å². The number of hydrogen-bond donors (Lipinski definition) is 2. The number of anilines is 1. The fourth-order valence-corrected chi connectivity index (χ4v) is 2.72. The Morgan fingerprint density at radius 3 is 2.68 bits per heavy atom. The third-order valence-corrected chi connectivity index (χ3v) is 3.51. The molecule has 106 valence electrons. The van der Waals surface area contributed by atoms with Crippen molar-refractivity contribution < 1.29 is 4.79 Å². The first-order chi connectivity index (χ1) is 8.92. The third kappa shape index (κ3) is 5.97. The van der Waals surface area contributed by atoms with Crippen molar-refractivity contribution in [2.24, 2.45) is 17.6 Å². The number of nitrogens with zero attached hydrogens (tertiary/aromatic N) is 2. The molecule has 0 bridgehead atoms. The van der Waals surface area contributed by atoms with Gasteiger partial charge in [0.15, 0.2) is 5.82 Å². The maximum absolute atomic E-state index is 11.9. The fourth-order valence-electron chi connectivity index (χ4n) is 1.81. The summed E-state index contributed by atoms with van der Waals surface area (Å²) < 4.78 is 1.11. The molecule has 0 radical (unpaired) electrons. The highest BCUT2D eigenvalue weighted by Gasteiger charge is 2.15. The van der Waals surface area contributed by atoms with E-state index in [1.165, 1.54) is 6.20 Å². The second-order valence-electron chi connectivity index (χ2n) is 4.82. The number of amides is 1. The number of hydrogen-bond acceptors (Lipinski definition) is 4. The molecule has 1 atom stereocenters. The van der Waals surface area contributed by atoms with E-state index in [4.69, 9.17) is 5.73 Å². The van der Waals surface area contributed by atoms with E-state index >= 15 is 0 Å². The van der Waals surface area contributed by atoms with Crippen LogP contribution in [0.3, 0.4) is 0 Å². The largest absolute Gasteiger partial charge is 0.330 e. The van der Waals surface area contributed by atoms with Crippen LogP contribution >= 0.6 is 31.9 Å². The van der Waals surface area contributed by atoms with Gasteiger partial charge in [0.25, 0.3) is 0 Å². The second kappa shape index (κ2) is 7.91. The number of nitrogens with one attached hydrogen (secondary N) is 1. The molecule has 1 unspecified atom stereocenters. The standard InChI is InChI=1S/C12H18Br2N4O/c1-7(2)3-8(5-15)4-10(19)18-12-11(14)17-9(13)6-16-12/h6-8H,3-5,15H2,1-2H3,(H,16,18,19). The molecule has 1 heterocycles. The molecule has 0 saturated carbocycles. The van der Waals surface area contributed by atoms with Crippen LogP contribution in [0.4, 0.5) is 5.82 Å². The van der Waals surface area contributed by atoms with Gasteiger partial charge < -0.3 is 11.1 Å². The number of carbonyl (C=O) groups is 1. The number of aromatic nitrogens is 2. The quantitative estimate of drug-likeness (QED) is 0.778. The van der Waals surface area contributed by atoms with Gasteiger partial charge in [-0.3, -0.25) is 4.79 Å². The average Bonchev–Trinajstić information content (AvgIpc) is 2.31. The summed E-state index contributed by atoms with van der Waals surface area (Å²) in [6.45, 7) is 4.76. The molecular formula is C12H18Br2N4O. The van der Waals surface area contributed by atoms with E-state index in [0.717, 1.165) is 6.42 Å². The first kappa shape index (κ1) is 16.5. The minimum atomic E-state index is -0.0894. The van der Waals surface area contributed by atoms with E-state index in [2.05, 4.69) is 61.0 Å². The molecule has 1 aromatic rings. The molecular weight excluding hydrogens is 376 g/mol. The summed E-state index contributed by atoms with van der Waals surface area (Å²) in [5.41, 5.74) is 5.69. The Kier molecular flexibility index (Phi) is 6.88. The van der Waals surface area contributed by atoms with Crippen molar-refractivity contribution in [1.82, 2.24) is 9.97 Å². The van der Waals surface area contributed by atoms with Crippen molar-refractivity contribution in [3.63, 3.8) is 0 Å². The fraction of sp³-hybridized carbons (Fsp3) is 0.583. The Morgan fingerprint density at radius 1 is 1.47 bits per heavy atom. The predicted molar refractivity (Wildman–Crippen MR) is 82.7 cm³/mol. The normalized spacial score (nSPS) is 12.5. The summed E-state index contributed by atoms with van der Waals surface area (Å²) in [7, 11) is 0. The maximum atomic E-state index is 11.9. The molecule has 0 aliphatic rings. The second-order valence-corrected chi connectivity index (χ2v) is 6.38. The van der Waals surface area contributed by atoms with Gasteiger partial charge in [0.2, 0.25) is 5.91 Å². The summed E-state index contributed by atoms with van der Waals surface area (Å²) in [5.74, 6) is 1.06. The average molecular weight is 394 g/mol. The molecule has 1 aromatic heterocycles. The van der Waals surface area contributed by atoms with Crippen LogP contribution in [0.1, 0.15) is 26.7 Å². The highest BCUT2D eigenvalue weighted by molar-refractivity contribution is 9.11. The lowest BCUT2D eigenvalue weighted by Crippen LogP contribution is -2.24. The van der Waals surface area contributed by atoms with Crippen molar-refractivity contribution in [3.05, 3.63) is 15.4 Å². The number of nitrogens with two attached hydrogens (primary N) is 1. The van der Waals surface area contributed by atoms with Gasteiger partial charge in [-0.25, -0.2) is 9.97 Å². The van der Waals surface area contributed by atoms with Crippen LogP contribution in [0.25, 0.3) is 0 Å². The molecule has 0 fully saturated rings. The molecule has 1 amide bonds. The highest BCUT2D eigenvalue weighted by atomic mass is 79.9. The van der Waals surface area contributed by atoms with Gasteiger partial charge >= 0.3 is 0 Å². The molecule has 0 aliphatic heterocycles. The van der Waals surface area contributed by atoms with Crippen LogP contribution in [0.15, 0.2) is 15.4 Å². The smallest absolute Gasteiger partial charge is 0.225 e. The lowest BCUT2D eigenvalue weighted by atomic mass is 9.94. The van der Waals surface area contributed by atoms with E-state index in [9.17, 15) is 4.79 Å². The third-order valence-electron chi connectivity index (χ3n) is 2.57. The van der Waals surface area contributed by atoms with Gasteiger partial charge in [-0.1, -0.05) is 13.8 Å². The number of carbonyl (C=O) groups excluding carboxylic acids is 1. The van der Waals surface area contributed by atoms with Crippen molar-refractivity contribution in [2.75, 3.05) is 11.9 Å². The van der Waals surface area contributed by atoms with E-state index in [1.54, 1.807) is 0 Å². The minimum absolute atomic E-state index is 0.0894.